The number of unbranched alkanes of at least 4 members (excludes halogenated alkanes) is 1. The molecule has 160 valence electrons. The fraction of sp³-hybridized carbons (Fsp3) is 0.600. The van der Waals surface area contributed by atoms with E-state index in [1.807, 2.05) is 6.92 Å². The first-order valence-corrected chi connectivity index (χ1v) is 9.70. The Morgan fingerprint density at radius 2 is 2.07 bits per heavy atom. The number of hydrogen-bond donors (Lipinski definition) is 3. The molecule has 9 heteroatoms. The zero-order valence-electron chi connectivity index (χ0n) is 17.3. The Balaban J connectivity index is 2.15. The number of anilines is 1. The summed E-state index contributed by atoms with van der Waals surface area (Å²) >= 11 is 0. The number of carbonyl (C=O) groups excluding carboxylic acids is 2. The Hall–Kier alpha value is -2.68. The zero-order valence-corrected chi connectivity index (χ0v) is 17.3. The SMILES string of the molecule is CCCC[C@@H]1OCCC1(NC(=O)c1cncc(NC(=O)OC(C)(C)C)c1)C(=O)O. The molecule has 0 spiro atoms. The van der Waals surface area contributed by atoms with Crippen LogP contribution in [0.1, 0.15) is 63.7 Å². The first-order valence-electron chi connectivity index (χ1n) is 9.70. The van der Waals surface area contributed by atoms with E-state index in [1.165, 1.54) is 18.5 Å². The first kappa shape index (κ1) is 22.6. The number of carboxylic acid groups (broad SMARTS) is 1. The summed E-state index contributed by atoms with van der Waals surface area (Å²) in [5.41, 5.74) is -1.77. The van der Waals surface area contributed by atoms with Gasteiger partial charge in [0.25, 0.3) is 5.91 Å². The normalized spacial score (nSPS) is 21.4. The largest absolute Gasteiger partial charge is 0.479 e. The van der Waals surface area contributed by atoms with Crippen molar-refractivity contribution in [2.75, 3.05) is 11.9 Å². The van der Waals surface area contributed by atoms with Crippen molar-refractivity contribution in [2.45, 2.75) is 70.6 Å². The molecule has 1 saturated heterocycles. The van der Waals surface area contributed by atoms with Gasteiger partial charge in [-0.15, -0.1) is 0 Å². The van der Waals surface area contributed by atoms with Crippen molar-refractivity contribution in [3.05, 3.63) is 24.0 Å². The van der Waals surface area contributed by atoms with Gasteiger partial charge in [0.2, 0.25) is 0 Å². The number of ether oxygens (including phenoxy) is 2. The summed E-state index contributed by atoms with van der Waals surface area (Å²) in [5.74, 6) is -1.72. The summed E-state index contributed by atoms with van der Waals surface area (Å²) in [6.07, 6.45) is 3.83. The molecule has 1 unspecified atom stereocenters. The number of hydrogen-bond acceptors (Lipinski definition) is 6. The molecule has 9 nitrogen and oxygen atoms in total. The van der Waals surface area contributed by atoms with Gasteiger partial charge >= 0.3 is 12.1 Å². The number of carbonyl (C=O) groups is 3. The Kier molecular flexibility index (Phi) is 7.18. The van der Waals surface area contributed by atoms with Crippen molar-refractivity contribution < 1.29 is 29.0 Å². The summed E-state index contributed by atoms with van der Waals surface area (Å²) in [5, 5.41) is 15.0. The molecule has 3 N–H and O–H groups in total. The Morgan fingerprint density at radius 1 is 1.34 bits per heavy atom. The molecule has 0 bridgehead atoms. The topological polar surface area (TPSA) is 127 Å². The lowest BCUT2D eigenvalue weighted by molar-refractivity contribution is -0.147. The lowest BCUT2D eigenvalue weighted by Crippen LogP contribution is -2.59. The van der Waals surface area contributed by atoms with Gasteiger partial charge in [0, 0.05) is 12.6 Å². The van der Waals surface area contributed by atoms with E-state index >= 15 is 0 Å². The average Bonchev–Trinajstić information content (AvgIpc) is 3.02. The maximum Gasteiger partial charge on any atom is 0.412 e. The van der Waals surface area contributed by atoms with Gasteiger partial charge in [-0.2, -0.15) is 0 Å². The second kappa shape index (κ2) is 9.21. The van der Waals surface area contributed by atoms with Gasteiger partial charge in [-0.05, 0) is 33.3 Å². The van der Waals surface area contributed by atoms with Crippen molar-refractivity contribution in [1.29, 1.82) is 0 Å². The highest BCUT2D eigenvalue weighted by atomic mass is 16.6. The fourth-order valence-corrected chi connectivity index (χ4v) is 3.15. The van der Waals surface area contributed by atoms with Crippen LogP contribution in [0.25, 0.3) is 0 Å². The average molecular weight is 407 g/mol. The quantitative estimate of drug-likeness (QED) is 0.634. The molecule has 0 aliphatic carbocycles. The highest BCUT2D eigenvalue weighted by Gasteiger charge is 2.51. The van der Waals surface area contributed by atoms with Crippen LogP contribution < -0.4 is 10.6 Å². The van der Waals surface area contributed by atoms with Crippen molar-refractivity contribution >= 4 is 23.7 Å². The molecule has 2 rings (SSSR count). The van der Waals surface area contributed by atoms with Crippen LogP contribution in [0.3, 0.4) is 0 Å². The van der Waals surface area contributed by atoms with Crippen molar-refractivity contribution in [3.63, 3.8) is 0 Å². The molecular formula is C20H29N3O6. The third-order valence-electron chi connectivity index (χ3n) is 4.55. The van der Waals surface area contributed by atoms with E-state index in [4.69, 9.17) is 9.47 Å². The summed E-state index contributed by atoms with van der Waals surface area (Å²) < 4.78 is 10.8. The van der Waals surface area contributed by atoms with Gasteiger partial charge in [0.15, 0.2) is 5.54 Å². The van der Waals surface area contributed by atoms with Gasteiger partial charge in [-0.1, -0.05) is 19.8 Å². The van der Waals surface area contributed by atoms with Crippen LogP contribution in [0.2, 0.25) is 0 Å². The molecular weight excluding hydrogens is 378 g/mol. The summed E-state index contributed by atoms with van der Waals surface area (Å²) in [6, 6.07) is 1.42. The molecule has 2 atom stereocenters. The number of rotatable bonds is 7. The second-order valence-corrected chi connectivity index (χ2v) is 8.07. The van der Waals surface area contributed by atoms with E-state index < -0.39 is 35.2 Å². The maximum absolute atomic E-state index is 12.8. The number of amides is 2. The Bertz CT molecular complexity index is 761. The van der Waals surface area contributed by atoms with Gasteiger partial charge < -0.3 is 19.9 Å². The highest BCUT2D eigenvalue weighted by molar-refractivity contribution is 5.99. The molecule has 0 aromatic carbocycles. The Labute approximate surface area is 170 Å². The number of aromatic nitrogens is 1. The third-order valence-corrected chi connectivity index (χ3v) is 4.55. The van der Waals surface area contributed by atoms with Crippen LogP contribution in [0.4, 0.5) is 10.5 Å². The molecule has 1 aliphatic heterocycles. The van der Waals surface area contributed by atoms with Crippen LogP contribution >= 0.6 is 0 Å². The van der Waals surface area contributed by atoms with Crippen molar-refractivity contribution in [1.82, 2.24) is 10.3 Å². The maximum atomic E-state index is 12.8. The summed E-state index contributed by atoms with van der Waals surface area (Å²) in [6.45, 7) is 7.47. The van der Waals surface area contributed by atoms with E-state index in [0.29, 0.717) is 6.42 Å². The van der Waals surface area contributed by atoms with E-state index in [-0.39, 0.29) is 24.3 Å². The van der Waals surface area contributed by atoms with E-state index in [2.05, 4.69) is 15.6 Å². The minimum absolute atomic E-state index is 0.125. The number of nitrogens with zero attached hydrogens (tertiary/aromatic N) is 1. The Morgan fingerprint density at radius 3 is 2.69 bits per heavy atom. The molecule has 1 fully saturated rings. The molecule has 1 aliphatic rings. The predicted octanol–water partition coefficient (Wildman–Crippen LogP) is 2.96. The number of carboxylic acids is 1. The van der Waals surface area contributed by atoms with Crippen LogP contribution in [0, 0.1) is 0 Å². The number of pyridine rings is 1. The van der Waals surface area contributed by atoms with Gasteiger partial charge in [0.05, 0.1) is 30.2 Å². The summed E-state index contributed by atoms with van der Waals surface area (Å²) in [4.78, 5) is 40.7. The van der Waals surface area contributed by atoms with Gasteiger partial charge in [0.1, 0.15) is 5.60 Å². The fourth-order valence-electron chi connectivity index (χ4n) is 3.15. The molecule has 2 heterocycles. The van der Waals surface area contributed by atoms with Crippen LogP contribution in [-0.4, -0.2) is 51.9 Å². The zero-order chi connectivity index (χ0) is 21.7. The predicted molar refractivity (Wildman–Crippen MR) is 106 cm³/mol. The third kappa shape index (κ3) is 5.90. The minimum Gasteiger partial charge on any atom is -0.479 e. The molecule has 1 aromatic heterocycles. The van der Waals surface area contributed by atoms with E-state index in [0.717, 1.165) is 12.8 Å². The van der Waals surface area contributed by atoms with Crippen LogP contribution in [0.15, 0.2) is 18.5 Å². The van der Waals surface area contributed by atoms with E-state index in [1.54, 1.807) is 20.8 Å². The standard InChI is InChI=1S/C20H29N3O6/c1-5-6-7-15-20(17(25)26,8-9-28-15)23-16(24)13-10-14(12-21-11-13)22-18(27)29-19(2,3)4/h10-12,15H,5-9H2,1-4H3,(H,22,27)(H,23,24)(H,25,26)/t15-,20?/m0/s1. The second-order valence-electron chi connectivity index (χ2n) is 8.07. The number of nitrogens with one attached hydrogen (secondary N) is 2. The number of aliphatic carboxylic acids is 1. The summed E-state index contributed by atoms with van der Waals surface area (Å²) in [7, 11) is 0. The van der Waals surface area contributed by atoms with E-state index in [9.17, 15) is 19.5 Å². The minimum atomic E-state index is -1.49. The van der Waals surface area contributed by atoms with Gasteiger partial charge in [-0.25, -0.2) is 9.59 Å². The van der Waals surface area contributed by atoms with Crippen molar-refractivity contribution in [2.24, 2.45) is 0 Å². The monoisotopic (exact) mass is 407 g/mol. The lowest BCUT2D eigenvalue weighted by atomic mass is 9.87. The molecule has 0 saturated carbocycles. The van der Waals surface area contributed by atoms with Crippen molar-refractivity contribution in [3.8, 4) is 0 Å². The first-order chi connectivity index (χ1) is 13.6. The highest BCUT2D eigenvalue weighted by Crippen LogP contribution is 2.30. The van der Waals surface area contributed by atoms with Gasteiger partial charge in [-0.3, -0.25) is 15.1 Å². The molecule has 0 radical (unpaired) electrons. The smallest absolute Gasteiger partial charge is 0.412 e. The van der Waals surface area contributed by atoms with Crippen LogP contribution in [0.5, 0.6) is 0 Å². The molecule has 2 amide bonds. The molecule has 29 heavy (non-hydrogen) atoms. The van der Waals surface area contributed by atoms with Crippen LogP contribution in [-0.2, 0) is 14.3 Å². The lowest BCUT2D eigenvalue weighted by Gasteiger charge is -2.31. The molecule has 1 aromatic rings.